The first-order valence-electron chi connectivity index (χ1n) is 5.59. The molecule has 0 heterocycles. The Kier molecular flexibility index (Phi) is 5.78. The van der Waals surface area contributed by atoms with Crippen LogP contribution in [0.3, 0.4) is 0 Å². The first-order valence-corrected chi connectivity index (χ1v) is 5.59. The van der Waals surface area contributed by atoms with E-state index in [9.17, 15) is 0 Å². The van der Waals surface area contributed by atoms with Crippen molar-refractivity contribution in [2.45, 2.75) is 52.4 Å². The van der Waals surface area contributed by atoms with Gasteiger partial charge in [-0.3, -0.25) is 0 Å². The Morgan fingerprint density at radius 2 is 1.60 bits per heavy atom. The number of rotatable bonds is 7. The predicted octanol–water partition coefficient (Wildman–Crippen LogP) is 2.41. The van der Waals surface area contributed by atoms with E-state index in [4.69, 9.17) is 9.47 Å². The van der Waals surface area contributed by atoms with Gasteiger partial charge in [0.2, 0.25) is 0 Å². The molecule has 0 aliphatic carbocycles. The first-order chi connectivity index (χ1) is 6.85. The van der Waals surface area contributed by atoms with Crippen molar-refractivity contribution in [2.24, 2.45) is 5.41 Å². The highest BCUT2D eigenvalue weighted by atomic mass is 16.7. The van der Waals surface area contributed by atoms with E-state index in [1.165, 1.54) is 0 Å². The molecule has 1 unspecified atom stereocenters. The van der Waals surface area contributed by atoms with Gasteiger partial charge in [0.1, 0.15) is 0 Å². The van der Waals surface area contributed by atoms with Crippen molar-refractivity contribution >= 4 is 0 Å². The van der Waals surface area contributed by atoms with Gasteiger partial charge in [-0.1, -0.05) is 20.8 Å². The Bertz CT molecular complexity index is 172. The zero-order valence-electron chi connectivity index (χ0n) is 11.3. The largest absolute Gasteiger partial charge is 0.355 e. The third kappa shape index (κ3) is 4.09. The van der Waals surface area contributed by atoms with Crippen LogP contribution in [-0.2, 0) is 9.47 Å². The summed E-state index contributed by atoms with van der Waals surface area (Å²) in [7, 11) is 5.39. The first kappa shape index (κ1) is 14.9. The van der Waals surface area contributed by atoms with Crippen LogP contribution in [0.25, 0.3) is 0 Å². The lowest BCUT2D eigenvalue weighted by Gasteiger charge is -2.40. The van der Waals surface area contributed by atoms with Gasteiger partial charge in [-0.2, -0.15) is 0 Å². The molecule has 0 spiro atoms. The molecule has 0 aromatic carbocycles. The molecular weight excluding hydrogens is 190 g/mol. The van der Waals surface area contributed by atoms with Crippen LogP contribution in [0.5, 0.6) is 0 Å². The highest BCUT2D eigenvalue weighted by Gasteiger charge is 2.36. The maximum absolute atomic E-state index is 5.35. The molecule has 0 radical (unpaired) electrons. The molecule has 3 heteroatoms. The van der Waals surface area contributed by atoms with Gasteiger partial charge in [0, 0.05) is 25.2 Å². The van der Waals surface area contributed by atoms with E-state index in [1.807, 2.05) is 7.05 Å². The Labute approximate surface area is 94.5 Å². The highest BCUT2D eigenvalue weighted by molar-refractivity contribution is 4.88. The number of hydrogen-bond acceptors (Lipinski definition) is 3. The number of ether oxygens (including phenoxy) is 2. The maximum Gasteiger partial charge on any atom is 0.161 e. The predicted molar refractivity (Wildman–Crippen MR) is 64.0 cm³/mol. The third-order valence-corrected chi connectivity index (χ3v) is 3.30. The van der Waals surface area contributed by atoms with Crippen molar-refractivity contribution in [3.63, 3.8) is 0 Å². The lowest BCUT2D eigenvalue weighted by molar-refractivity contribution is -0.174. The van der Waals surface area contributed by atoms with Crippen LogP contribution in [0.15, 0.2) is 0 Å². The molecule has 0 aliphatic heterocycles. The number of methoxy groups -OCH3 is 2. The molecule has 0 fully saturated rings. The average molecular weight is 217 g/mol. The van der Waals surface area contributed by atoms with Crippen molar-refractivity contribution in [1.29, 1.82) is 0 Å². The molecule has 1 N–H and O–H groups in total. The quantitative estimate of drug-likeness (QED) is 0.664. The molecule has 3 nitrogen and oxygen atoms in total. The lowest BCUT2D eigenvalue weighted by atomic mass is 9.77. The zero-order valence-corrected chi connectivity index (χ0v) is 11.3. The summed E-state index contributed by atoms with van der Waals surface area (Å²) in [6, 6.07) is 0. The van der Waals surface area contributed by atoms with Gasteiger partial charge in [-0.05, 0) is 26.8 Å². The van der Waals surface area contributed by atoms with Gasteiger partial charge < -0.3 is 14.8 Å². The van der Waals surface area contributed by atoms with Crippen molar-refractivity contribution in [2.75, 3.05) is 21.3 Å². The van der Waals surface area contributed by atoms with E-state index in [0.717, 1.165) is 12.8 Å². The molecule has 92 valence electrons. The third-order valence-electron chi connectivity index (χ3n) is 3.30. The van der Waals surface area contributed by atoms with Crippen molar-refractivity contribution in [3.05, 3.63) is 0 Å². The Morgan fingerprint density at radius 1 is 1.13 bits per heavy atom. The summed E-state index contributed by atoms with van der Waals surface area (Å²) in [4.78, 5) is 0. The van der Waals surface area contributed by atoms with E-state index in [1.54, 1.807) is 14.2 Å². The molecule has 0 saturated heterocycles. The van der Waals surface area contributed by atoms with Crippen LogP contribution in [0, 0.1) is 5.41 Å². The summed E-state index contributed by atoms with van der Waals surface area (Å²) < 4.78 is 10.7. The van der Waals surface area contributed by atoms with E-state index in [0.29, 0.717) is 0 Å². The van der Waals surface area contributed by atoms with Crippen LogP contribution >= 0.6 is 0 Å². The molecule has 0 amide bonds. The van der Waals surface area contributed by atoms with Crippen LogP contribution in [0.1, 0.15) is 40.5 Å². The minimum absolute atomic E-state index is 0.00271. The molecule has 0 aromatic heterocycles. The van der Waals surface area contributed by atoms with Crippen molar-refractivity contribution in [1.82, 2.24) is 5.32 Å². The Hall–Kier alpha value is -0.120. The fourth-order valence-electron chi connectivity index (χ4n) is 2.21. The second kappa shape index (κ2) is 5.83. The van der Waals surface area contributed by atoms with E-state index in [-0.39, 0.29) is 17.2 Å². The molecule has 0 aliphatic rings. The molecule has 0 bridgehead atoms. The lowest BCUT2D eigenvalue weighted by Crippen LogP contribution is -2.47. The van der Waals surface area contributed by atoms with E-state index < -0.39 is 0 Å². The minimum Gasteiger partial charge on any atom is -0.355 e. The van der Waals surface area contributed by atoms with Gasteiger partial charge in [0.25, 0.3) is 0 Å². The van der Waals surface area contributed by atoms with Gasteiger partial charge in [-0.15, -0.1) is 0 Å². The zero-order chi connectivity index (χ0) is 12.1. The highest BCUT2D eigenvalue weighted by Crippen LogP contribution is 2.34. The standard InChI is InChI=1S/C12H27NO2/c1-8-12(4,13-5)9-11(2,3)10(14-6)15-7/h10,13H,8-9H2,1-7H3. The van der Waals surface area contributed by atoms with Crippen LogP contribution in [0.2, 0.25) is 0 Å². The summed E-state index contributed by atoms with van der Waals surface area (Å²) in [6.07, 6.45) is 1.95. The van der Waals surface area contributed by atoms with Crippen LogP contribution in [-0.4, -0.2) is 33.1 Å². The second-order valence-electron chi connectivity index (χ2n) is 5.13. The molecular formula is C12H27NO2. The second-order valence-corrected chi connectivity index (χ2v) is 5.13. The average Bonchev–Trinajstić information content (AvgIpc) is 2.18. The Morgan fingerprint density at radius 3 is 1.87 bits per heavy atom. The number of nitrogens with one attached hydrogen (secondary N) is 1. The SMILES string of the molecule is CCC(C)(CC(C)(C)C(OC)OC)NC. The minimum atomic E-state index is -0.156. The summed E-state index contributed by atoms with van der Waals surface area (Å²) in [5, 5.41) is 3.38. The normalized spacial score (nSPS) is 16.8. The maximum atomic E-state index is 5.35. The molecule has 1 atom stereocenters. The smallest absolute Gasteiger partial charge is 0.161 e. The summed E-state index contributed by atoms with van der Waals surface area (Å²) >= 11 is 0. The van der Waals surface area contributed by atoms with E-state index in [2.05, 4.69) is 33.0 Å². The molecule has 0 rings (SSSR count). The molecule has 0 saturated carbocycles. The van der Waals surface area contributed by atoms with Crippen molar-refractivity contribution < 1.29 is 9.47 Å². The summed E-state index contributed by atoms with van der Waals surface area (Å²) in [5.74, 6) is 0. The summed E-state index contributed by atoms with van der Waals surface area (Å²) in [5.41, 5.74) is 0.135. The molecule has 15 heavy (non-hydrogen) atoms. The fourth-order valence-corrected chi connectivity index (χ4v) is 2.21. The van der Waals surface area contributed by atoms with E-state index >= 15 is 0 Å². The van der Waals surface area contributed by atoms with Gasteiger partial charge in [0.05, 0.1) is 0 Å². The summed E-state index contributed by atoms with van der Waals surface area (Å²) in [6.45, 7) is 8.78. The van der Waals surface area contributed by atoms with Crippen LogP contribution in [0.4, 0.5) is 0 Å². The van der Waals surface area contributed by atoms with Gasteiger partial charge >= 0.3 is 0 Å². The topological polar surface area (TPSA) is 30.5 Å². The monoisotopic (exact) mass is 217 g/mol. The number of hydrogen-bond donors (Lipinski definition) is 1. The van der Waals surface area contributed by atoms with Crippen molar-refractivity contribution in [3.8, 4) is 0 Å². The van der Waals surface area contributed by atoms with Gasteiger partial charge in [-0.25, -0.2) is 0 Å². The molecule has 0 aromatic rings. The Balaban J connectivity index is 4.59. The van der Waals surface area contributed by atoms with Crippen LogP contribution < -0.4 is 5.32 Å². The van der Waals surface area contributed by atoms with Gasteiger partial charge in [0.15, 0.2) is 6.29 Å². The fraction of sp³-hybridized carbons (Fsp3) is 1.00.